The summed E-state index contributed by atoms with van der Waals surface area (Å²) in [6.45, 7) is -0.504. The third-order valence-electron chi connectivity index (χ3n) is 3.82. The zero-order valence-electron chi connectivity index (χ0n) is 14.7. The summed E-state index contributed by atoms with van der Waals surface area (Å²) in [7, 11) is 4.68. The Hall–Kier alpha value is -2.44. The smallest absolute Gasteiger partial charge is 0.160 e. The fourth-order valence-corrected chi connectivity index (χ4v) is 2.43. The molecule has 6 heteroatoms. The van der Waals surface area contributed by atoms with E-state index in [-0.39, 0.29) is 13.0 Å². The van der Waals surface area contributed by atoms with Crippen molar-refractivity contribution in [3.8, 4) is 23.0 Å². The first kappa shape index (κ1) is 18.9. The summed E-state index contributed by atoms with van der Waals surface area (Å²) in [5, 5.41) is 20.3. The number of aliphatic hydroxyl groups is 2. The van der Waals surface area contributed by atoms with E-state index in [1.165, 1.54) is 0 Å². The Bertz CT molecular complexity index is 687. The molecule has 0 saturated heterocycles. The quantitative estimate of drug-likeness (QED) is 0.722. The summed E-state index contributed by atoms with van der Waals surface area (Å²) >= 11 is 0. The van der Waals surface area contributed by atoms with E-state index in [2.05, 4.69) is 0 Å². The molecule has 0 aliphatic heterocycles. The van der Waals surface area contributed by atoms with Gasteiger partial charge in [0.15, 0.2) is 11.5 Å². The summed E-state index contributed by atoms with van der Waals surface area (Å²) in [4.78, 5) is 0. The Morgan fingerprint density at radius 1 is 0.880 bits per heavy atom. The van der Waals surface area contributed by atoms with Crippen LogP contribution in [0, 0.1) is 0 Å². The van der Waals surface area contributed by atoms with E-state index in [4.69, 9.17) is 18.9 Å². The molecule has 2 N–H and O–H groups in total. The van der Waals surface area contributed by atoms with Crippen molar-refractivity contribution in [2.45, 2.75) is 12.0 Å². The maximum absolute atomic E-state index is 10.7. The van der Waals surface area contributed by atoms with Gasteiger partial charge in [0.05, 0.1) is 27.9 Å². The van der Waals surface area contributed by atoms with E-state index in [0.29, 0.717) is 23.0 Å². The van der Waals surface area contributed by atoms with Gasteiger partial charge in [0.1, 0.15) is 23.7 Å². The van der Waals surface area contributed by atoms with E-state index in [9.17, 15) is 10.2 Å². The van der Waals surface area contributed by atoms with Crippen LogP contribution in [-0.2, 0) is 6.42 Å². The first-order valence-electron chi connectivity index (χ1n) is 7.84. The summed E-state index contributed by atoms with van der Waals surface area (Å²) in [5.74, 6) is 2.38. The van der Waals surface area contributed by atoms with Gasteiger partial charge in [0.25, 0.3) is 0 Å². The zero-order chi connectivity index (χ0) is 18.3. The molecular formula is C19H24O6. The normalized spacial score (nSPS) is 13.0. The van der Waals surface area contributed by atoms with Crippen LogP contribution in [0.15, 0.2) is 42.5 Å². The fourth-order valence-electron chi connectivity index (χ4n) is 2.43. The second-order valence-corrected chi connectivity index (χ2v) is 5.72. The highest BCUT2D eigenvalue weighted by Gasteiger charge is 2.28. The van der Waals surface area contributed by atoms with Crippen molar-refractivity contribution in [1.29, 1.82) is 0 Å². The Morgan fingerprint density at radius 2 is 1.60 bits per heavy atom. The highest BCUT2D eigenvalue weighted by atomic mass is 16.5. The Kier molecular flexibility index (Phi) is 6.50. The lowest BCUT2D eigenvalue weighted by molar-refractivity contribution is -0.0468. The van der Waals surface area contributed by atoms with Gasteiger partial charge in [-0.2, -0.15) is 0 Å². The average Bonchev–Trinajstić information content (AvgIpc) is 2.66. The van der Waals surface area contributed by atoms with Gasteiger partial charge in [-0.15, -0.1) is 0 Å². The number of aliphatic hydroxyl groups excluding tert-OH is 1. The molecule has 0 spiro atoms. The molecule has 1 atom stereocenters. The number of hydrogen-bond donors (Lipinski definition) is 2. The van der Waals surface area contributed by atoms with Crippen LogP contribution in [0.3, 0.4) is 0 Å². The monoisotopic (exact) mass is 348 g/mol. The maximum Gasteiger partial charge on any atom is 0.160 e. The van der Waals surface area contributed by atoms with Gasteiger partial charge in [0.2, 0.25) is 0 Å². The molecule has 0 saturated carbocycles. The van der Waals surface area contributed by atoms with E-state index in [1.807, 2.05) is 6.07 Å². The highest BCUT2D eigenvalue weighted by molar-refractivity contribution is 5.43. The van der Waals surface area contributed by atoms with Crippen LogP contribution < -0.4 is 18.9 Å². The molecule has 0 amide bonds. The van der Waals surface area contributed by atoms with Crippen LogP contribution in [0.5, 0.6) is 23.0 Å². The standard InChI is InChI=1S/C19H24O6/c1-22-15-5-4-6-16(10-15)25-13-19(21,12-20)11-14-7-8-17(23-2)18(9-14)24-3/h4-10,20-21H,11-13H2,1-3H3/t19-/m0/s1. The Balaban J connectivity index is 2.08. The van der Waals surface area contributed by atoms with Crippen molar-refractivity contribution in [2.24, 2.45) is 0 Å². The molecule has 0 fully saturated rings. The summed E-state index contributed by atoms with van der Waals surface area (Å²) in [5.41, 5.74) is -0.633. The molecule has 2 aromatic rings. The van der Waals surface area contributed by atoms with Crippen LogP contribution in [0.2, 0.25) is 0 Å². The van der Waals surface area contributed by atoms with Gasteiger partial charge in [-0.3, -0.25) is 0 Å². The molecule has 0 aliphatic carbocycles. The zero-order valence-corrected chi connectivity index (χ0v) is 14.7. The van der Waals surface area contributed by atoms with Crippen LogP contribution in [0.4, 0.5) is 0 Å². The molecule has 0 bridgehead atoms. The lowest BCUT2D eigenvalue weighted by atomic mass is 9.96. The van der Waals surface area contributed by atoms with E-state index >= 15 is 0 Å². The van der Waals surface area contributed by atoms with Crippen LogP contribution in [0.1, 0.15) is 5.56 Å². The average molecular weight is 348 g/mol. The minimum Gasteiger partial charge on any atom is -0.497 e. The SMILES string of the molecule is COc1cccc(OC[C@@](O)(CO)Cc2ccc(OC)c(OC)c2)c1. The Labute approximate surface area is 147 Å². The Morgan fingerprint density at radius 3 is 2.24 bits per heavy atom. The third-order valence-corrected chi connectivity index (χ3v) is 3.82. The lowest BCUT2D eigenvalue weighted by Crippen LogP contribution is -2.42. The molecule has 2 aromatic carbocycles. The van der Waals surface area contributed by atoms with E-state index in [0.717, 1.165) is 5.56 Å². The van der Waals surface area contributed by atoms with Gasteiger partial charge >= 0.3 is 0 Å². The van der Waals surface area contributed by atoms with Crippen molar-refractivity contribution in [3.05, 3.63) is 48.0 Å². The predicted octanol–water partition coefficient (Wildman–Crippen LogP) is 2.06. The molecule has 0 aromatic heterocycles. The minimum absolute atomic E-state index is 0.0645. The molecule has 0 heterocycles. The summed E-state index contributed by atoms with van der Waals surface area (Å²) in [6.07, 6.45) is 0.202. The van der Waals surface area contributed by atoms with E-state index in [1.54, 1.807) is 57.7 Å². The molecule has 25 heavy (non-hydrogen) atoms. The van der Waals surface area contributed by atoms with Crippen molar-refractivity contribution in [2.75, 3.05) is 34.5 Å². The minimum atomic E-state index is -1.43. The molecule has 0 unspecified atom stereocenters. The van der Waals surface area contributed by atoms with Crippen molar-refractivity contribution >= 4 is 0 Å². The van der Waals surface area contributed by atoms with E-state index < -0.39 is 12.2 Å². The number of benzene rings is 2. The molecular weight excluding hydrogens is 324 g/mol. The molecule has 136 valence electrons. The largest absolute Gasteiger partial charge is 0.497 e. The summed E-state index contributed by atoms with van der Waals surface area (Å²) < 4.78 is 21.2. The second-order valence-electron chi connectivity index (χ2n) is 5.72. The van der Waals surface area contributed by atoms with Gasteiger partial charge in [0, 0.05) is 12.5 Å². The number of ether oxygens (including phenoxy) is 4. The van der Waals surface area contributed by atoms with Crippen molar-refractivity contribution in [1.82, 2.24) is 0 Å². The first-order chi connectivity index (χ1) is 12.0. The topological polar surface area (TPSA) is 77.4 Å². The van der Waals surface area contributed by atoms with Gasteiger partial charge in [-0.05, 0) is 29.8 Å². The highest BCUT2D eigenvalue weighted by Crippen LogP contribution is 2.29. The lowest BCUT2D eigenvalue weighted by Gasteiger charge is -2.26. The predicted molar refractivity (Wildman–Crippen MR) is 93.8 cm³/mol. The third kappa shape index (κ3) is 5.01. The maximum atomic E-state index is 10.7. The molecule has 6 nitrogen and oxygen atoms in total. The molecule has 2 rings (SSSR count). The first-order valence-corrected chi connectivity index (χ1v) is 7.84. The van der Waals surface area contributed by atoms with Crippen LogP contribution >= 0.6 is 0 Å². The second kappa shape index (κ2) is 8.60. The van der Waals surface area contributed by atoms with Gasteiger partial charge < -0.3 is 29.2 Å². The van der Waals surface area contributed by atoms with Crippen LogP contribution in [0.25, 0.3) is 0 Å². The fraction of sp³-hybridized carbons (Fsp3) is 0.368. The van der Waals surface area contributed by atoms with Gasteiger partial charge in [-0.1, -0.05) is 12.1 Å². The number of methoxy groups -OCH3 is 3. The van der Waals surface area contributed by atoms with Crippen molar-refractivity contribution < 1.29 is 29.2 Å². The van der Waals surface area contributed by atoms with Gasteiger partial charge in [-0.25, -0.2) is 0 Å². The molecule has 0 radical (unpaired) electrons. The summed E-state index contributed by atoms with van der Waals surface area (Å²) in [6, 6.07) is 12.4. The number of rotatable bonds is 9. The van der Waals surface area contributed by atoms with Crippen LogP contribution in [-0.4, -0.2) is 50.4 Å². The van der Waals surface area contributed by atoms with Crippen molar-refractivity contribution in [3.63, 3.8) is 0 Å². The number of hydrogen-bond acceptors (Lipinski definition) is 6. The molecule has 0 aliphatic rings.